The second-order valence-corrected chi connectivity index (χ2v) is 6.75. The number of hydrogen-bond donors (Lipinski definition) is 1. The van der Waals surface area contributed by atoms with Crippen LogP contribution in [0.1, 0.15) is 30.1 Å². The Labute approximate surface area is 155 Å². The molecule has 2 aliphatic heterocycles. The molecule has 1 aromatic carbocycles. The zero-order chi connectivity index (χ0) is 20.4. The third-order valence-corrected chi connectivity index (χ3v) is 5.41. The fraction of sp³-hybridized carbons (Fsp3) is 0.412. The summed E-state index contributed by atoms with van der Waals surface area (Å²) >= 11 is 0. The van der Waals surface area contributed by atoms with Gasteiger partial charge in [-0.2, -0.15) is 8.78 Å². The Balaban J connectivity index is 2.29. The van der Waals surface area contributed by atoms with Gasteiger partial charge in [0.2, 0.25) is 17.1 Å². The fourth-order valence-electron chi connectivity index (χ4n) is 4.14. The number of nitrogens with zero attached hydrogens (tertiary/aromatic N) is 2. The van der Waals surface area contributed by atoms with Crippen LogP contribution in [-0.2, 0) is 10.3 Å². The van der Waals surface area contributed by atoms with Gasteiger partial charge in [-0.15, -0.1) is 0 Å². The molecule has 1 N–H and O–H groups in total. The number of ether oxygens (including phenoxy) is 2. The Morgan fingerprint density at radius 2 is 2.18 bits per heavy atom. The molecule has 0 bridgehead atoms. The number of pyridine rings is 1. The highest BCUT2D eigenvalue weighted by atomic mass is 19.2. The van der Waals surface area contributed by atoms with Gasteiger partial charge in [0, 0.05) is 19.2 Å². The van der Waals surface area contributed by atoms with Gasteiger partial charge in [-0.1, -0.05) is 6.92 Å². The number of carboxylic acid groups (broad SMARTS) is 1. The number of aromatic carboxylic acids is 1. The van der Waals surface area contributed by atoms with Gasteiger partial charge in [-0.3, -0.25) is 14.9 Å². The lowest BCUT2D eigenvalue weighted by atomic mass is 9.86. The number of benzene rings is 1. The predicted octanol–water partition coefficient (Wildman–Crippen LogP) is 2.17. The number of carboxylic acids is 1. The maximum absolute atomic E-state index is 14.7. The van der Waals surface area contributed by atoms with Crippen molar-refractivity contribution < 1.29 is 33.1 Å². The maximum atomic E-state index is 14.7. The summed E-state index contributed by atoms with van der Waals surface area (Å²) in [6.07, 6.45) is 0.980. The first kappa shape index (κ1) is 18.3. The highest BCUT2D eigenvalue weighted by Gasteiger charge is 2.51. The average Bonchev–Trinajstić information content (AvgIpc) is 3.12. The molecule has 0 amide bonds. The average molecular weight is 396 g/mol. The van der Waals surface area contributed by atoms with Crippen molar-refractivity contribution >= 4 is 22.6 Å². The van der Waals surface area contributed by atoms with Crippen LogP contribution in [0.25, 0.3) is 10.9 Å². The minimum atomic E-state index is -1.87. The number of aromatic nitrogens is 1. The summed E-state index contributed by atoms with van der Waals surface area (Å²) in [5.41, 5.74) is -4.81. The molecule has 3 heterocycles. The van der Waals surface area contributed by atoms with E-state index in [1.54, 1.807) is 6.92 Å². The van der Waals surface area contributed by atoms with Gasteiger partial charge < -0.3 is 19.1 Å². The first-order chi connectivity index (χ1) is 13.2. The SMILES string of the molecule is CCC1Oc2c(F)c(F)c([N+](=O)[O-])c3c(=O)c(C(=O)O)cn(c23)C12CCOC2. The van der Waals surface area contributed by atoms with E-state index in [0.717, 1.165) is 6.20 Å². The van der Waals surface area contributed by atoms with Crippen LogP contribution in [0.5, 0.6) is 5.75 Å². The number of rotatable bonds is 3. The van der Waals surface area contributed by atoms with Crippen LogP contribution < -0.4 is 10.2 Å². The number of carbonyl (C=O) groups is 1. The molecule has 1 saturated heterocycles. The summed E-state index contributed by atoms with van der Waals surface area (Å²) in [5, 5.41) is 20.0. The highest BCUT2D eigenvalue weighted by molar-refractivity contribution is 5.99. The summed E-state index contributed by atoms with van der Waals surface area (Å²) in [6.45, 7) is 2.10. The molecule has 4 rings (SSSR count). The van der Waals surface area contributed by atoms with Crippen molar-refractivity contribution in [2.75, 3.05) is 13.2 Å². The Morgan fingerprint density at radius 3 is 2.71 bits per heavy atom. The van der Waals surface area contributed by atoms with E-state index in [1.807, 2.05) is 0 Å². The summed E-state index contributed by atoms with van der Waals surface area (Å²) in [7, 11) is 0. The minimum Gasteiger partial charge on any atom is -0.482 e. The molecule has 0 radical (unpaired) electrons. The van der Waals surface area contributed by atoms with E-state index < -0.39 is 62.0 Å². The Hall–Kier alpha value is -3.08. The minimum absolute atomic E-state index is 0.0643. The van der Waals surface area contributed by atoms with Crippen LogP contribution in [0.15, 0.2) is 11.0 Å². The van der Waals surface area contributed by atoms with Crippen molar-refractivity contribution in [2.45, 2.75) is 31.4 Å². The Morgan fingerprint density at radius 1 is 1.46 bits per heavy atom. The van der Waals surface area contributed by atoms with E-state index in [2.05, 4.69) is 0 Å². The van der Waals surface area contributed by atoms with Gasteiger partial charge in [0.1, 0.15) is 28.1 Å². The standard InChI is InChI=1S/C17H14F2N2O7/c1-2-8-17(3-4-27-6-17)20-5-7(16(23)24)14(22)9-12(21(25)26)10(18)11(19)15(28-8)13(9)20/h5,8H,2-4,6H2,1H3,(H,23,24). The lowest BCUT2D eigenvalue weighted by Gasteiger charge is -2.43. The van der Waals surface area contributed by atoms with Crippen molar-refractivity contribution in [2.24, 2.45) is 0 Å². The predicted molar refractivity (Wildman–Crippen MR) is 89.9 cm³/mol. The zero-order valence-corrected chi connectivity index (χ0v) is 14.5. The van der Waals surface area contributed by atoms with E-state index in [4.69, 9.17) is 9.47 Å². The molecular formula is C17H14F2N2O7. The Bertz CT molecular complexity index is 1110. The summed E-state index contributed by atoms with van der Waals surface area (Å²) in [4.78, 5) is 34.5. The van der Waals surface area contributed by atoms with Crippen molar-refractivity contribution in [3.05, 3.63) is 43.7 Å². The number of hydrogen-bond acceptors (Lipinski definition) is 6. The van der Waals surface area contributed by atoms with E-state index in [0.29, 0.717) is 12.8 Å². The molecular weight excluding hydrogens is 382 g/mol. The molecule has 1 fully saturated rings. The highest BCUT2D eigenvalue weighted by Crippen LogP contribution is 2.47. The molecule has 1 spiro atoms. The van der Waals surface area contributed by atoms with E-state index in [1.165, 1.54) is 4.57 Å². The van der Waals surface area contributed by atoms with Crippen LogP contribution in [0.4, 0.5) is 14.5 Å². The monoisotopic (exact) mass is 396 g/mol. The summed E-state index contributed by atoms with van der Waals surface area (Å²) in [5.74, 6) is -5.74. The van der Waals surface area contributed by atoms with Gasteiger partial charge in [-0.25, -0.2) is 4.79 Å². The first-order valence-corrected chi connectivity index (χ1v) is 8.47. The quantitative estimate of drug-likeness (QED) is 0.623. The van der Waals surface area contributed by atoms with E-state index in [-0.39, 0.29) is 18.7 Å². The largest absolute Gasteiger partial charge is 0.482 e. The molecule has 2 atom stereocenters. The van der Waals surface area contributed by atoms with Crippen molar-refractivity contribution in [1.82, 2.24) is 4.57 Å². The smallest absolute Gasteiger partial charge is 0.341 e. The normalized spacial score (nSPS) is 23.2. The number of nitro groups is 1. The molecule has 28 heavy (non-hydrogen) atoms. The molecule has 2 unspecified atom stereocenters. The molecule has 11 heteroatoms. The van der Waals surface area contributed by atoms with Crippen LogP contribution in [0.3, 0.4) is 0 Å². The molecule has 2 aliphatic rings. The number of nitro benzene ring substituents is 1. The molecule has 2 aromatic rings. The lowest BCUT2D eigenvalue weighted by molar-refractivity contribution is -0.386. The van der Waals surface area contributed by atoms with Gasteiger partial charge in [0.25, 0.3) is 0 Å². The van der Waals surface area contributed by atoms with Crippen molar-refractivity contribution in [1.29, 1.82) is 0 Å². The summed E-state index contributed by atoms with van der Waals surface area (Å²) < 4.78 is 41.6. The van der Waals surface area contributed by atoms with Crippen LogP contribution in [-0.4, -0.2) is 39.9 Å². The van der Waals surface area contributed by atoms with E-state index >= 15 is 0 Å². The third-order valence-electron chi connectivity index (χ3n) is 5.41. The molecule has 0 aliphatic carbocycles. The molecule has 1 aromatic heterocycles. The van der Waals surface area contributed by atoms with Gasteiger partial charge in [0.15, 0.2) is 5.75 Å². The molecule has 0 saturated carbocycles. The van der Waals surface area contributed by atoms with Crippen LogP contribution in [0, 0.1) is 21.7 Å². The zero-order valence-electron chi connectivity index (χ0n) is 14.5. The summed E-state index contributed by atoms with van der Waals surface area (Å²) in [6, 6.07) is 0. The molecule has 148 valence electrons. The van der Waals surface area contributed by atoms with Crippen molar-refractivity contribution in [3.63, 3.8) is 0 Å². The number of fused-ring (bicyclic) bond motifs is 1. The Kier molecular flexibility index (Phi) is 3.89. The second-order valence-electron chi connectivity index (χ2n) is 6.75. The second kappa shape index (κ2) is 5.96. The topological polar surface area (TPSA) is 121 Å². The number of halogens is 2. The van der Waals surface area contributed by atoms with E-state index in [9.17, 15) is 33.6 Å². The van der Waals surface area contributed by atoms with Gasteiger partial charge in [-0.05, 0) is 6.42 Å². The van der Waals surface area contributed by atoms with Crippen LogP contribution in [0.2, 0.25) is 0 Å². The third kappa shape index (κ3) is 2.13. The first-order valence-electron chi connectivity index (χ1n) is 8.47. The molecule has 9 nitrogen and oxygen atoms in total. The van der Waals surface area contributed by atoms with Crippen molar-refractivity contribution in [3.8, 4) is 5.75 Å². The van der Waals surface area contributed by atoms with Gasteiger partial charge >= 0.3 is 11.7 Å². The fourth-order valence-corrected chi connectivity index (χ4v) is 4.14. The lowest BCUT2D eigenvalue weighted by Crippen LogP contribution is -2.52. The maximum Gasteiger partial charge on any atom is 0.341 e. The van der Waals surface area contributed by atoms with Crippen LogP contribution >= 0.6 is 0 Å². The van der Waals surface area contributed by atoms with Gasteiger partial charge in [0.05, 0.1) is 11.5 Å².